The van der Waals surface area contributed by atoms with E-state index in [-0.39, 0.29) is 27.6 Å². The Hall–Kier alpha value is -0.520. The number of hydrogen-bond acceptors (Lipinski definition) is 5. The minimum Gasteiger partial charge on any atom is -0.456 e. The van der Waals surface area contributed by atoms with Crippen molar-refractivity contribution in [3.8, 4) is 0 Å². The third kappa shape index (κ3) is 4.24. The lowest BCUT2D eigenvalue weighted by atomic mass is 10.2. The molecule has 0 fully saturated rings. The fourth-order valence-electron chi connectivity index (χ4n) is 0.767. The molecule has 1 aromatic heterocycles. The number of ether oxygens (including phenoxy) is 1. The Balaban J connectivity index is 0.00000196. The number of aromatic nitrogens is 1. The maximum atomic E-state index is 11.5. The second-order valence-corrected chi connectivity index (χ2v) is 5.06. The second kappa shape index (κ2) is 5.01. The van der Waals surface area contributed by atoms with Gasteiger partial charge in [0.25, 0.3) is 0 Å². The van der Waals surface area contributed by atoms with Crippen molar-refractivity contribution in [1.82, 2.24) is 4.98 Å². The summed E-state index contributed by atoms with van der Waals surface area (Å²) in [6.45, 7) is 5.34. The van der Waals surface area contributed by atoms with Crippen LogP contribution in [0.5, 0.6) is 0 Å². The molecule has 0 aliphatic rings. The van der Waals surface area contributed by atoms with E-state index in [0.29, 0.717) is 0 Å². The van der Waals surface area contributed by atoms with Crippen LogP contribution in [0.4, 0.5) is 5.13 Å². The number of carbonyl (C=O) groups excluding carboxylic acids is 1. The van der Waals surface area contributed by atoms with E-state index in [9.17, 15) is 4.79 Å². The van der Waals surface area contributed by atoms with Gasteiger partial charge in [0.1, 0.15) is 5.60 Å². The first-order valence-electron chi connectivity index (χ1n) is 3.95. The van der Waals surface area contributed by atoms with Gasteiger partial charge in [0.05, 0.1) is 0 Å². The Morgan fingerprint density at radius 3 is 2.40 bits per heavy atom. The maximum absolute atomic E-state index is 11.5. The van der Waals surface area contributed by atoms with E-state index in [2.05, 4.69) is 4.98 Å². The number of anilines is 1. The maximum Gasteiger partial charge on any atom is 0.352 e. The van der Waals surface area contributed by atoms with Crippen molar-refractivity contribution in [2.24, 2.45) is 0 Å². The first-order valence-corrected chi connectivity index (χ1v) is 5.14. The largest absolute Gasteiger partial charge is 0.456 e. The zero-order valence-electron chi connectivity index (χ0n) is 8.54. The average Bonchev–Trinajstić information content (AvgIpc) is 2.26. The molecule has 1 heterocycles. The van der Waals surface area contributed by atoms with E-state index < -0.39 is 11.6 Å². The molecule has 0 bridgehead atoms. The summed E-state index contributed by atoms with van der Waals surface area (Å²) in [4.78, 5) is 15.5. The number of thiazole rings is 1. The van der Waals surface area contributed by atoms with Crippen LogP contribution in [0.1, 0.15) is 30.4 Å². The van der Waals surface area contributed by atoms with Gasteiger partial charge >= 0.3 is 5.97 Å². The van der Waals surface area contributed by atoms with Crippen LogP contribution < -0.4 is 5.73 Å². The van der Waals surface area contributed by atoms with Gasteiger partial charge in [-0.3, -0.25) is 0 Å². The molecule has 15 heavy (non-hydrogen) atoms. The molecular weight excluding hydrogens is 259 g/mol. The predicted molar refractivity (Wildman–Crippen MR) is 64.0 cm³/mol. The SMILES string of the molecule is CC(C)(C)OC(=O)c1sc(N)nc1Cl.Cl. The molecule has 0 radical (unpaired) electrons. The molecule has 2 N–H and O–H groups in total. The highest BCUT2D eigenvalue weighted by molar-refractivity contribution is 7.17. The van der Waals surface area contributed by atoms with Crippen LogP contribution in [0.25, 0.3) is 0 Å². The zero-order chi connectivity index (χ0) is 10.9. The summed E-state index contributed by atoms with van der Waals surface area (Å²) >= 11 is 6.71. The molecular formula is C8H12Cl2N2O2S. The van der Waals surface area contributed by atoms with Crippen molar-refractivity contribution in [2.45, 2.75) is 26.4 Å². The molecule has 0 atom stereocenters. The van der Waals surface area contributed by atoms with Crippen molar-refractivity contribution >= 4 is 46.4 Å². The average molecular weight is 271 g/mol. The van der Waals surface area contributed by atoms with Crippen LogP contribution in [0.3, 0.4) is 0 Å². The number of halogens is 2. The Kier molecular flexibility index (Phi) is 4.83. The molecule has 86 valence electrons. The number of nitrogen functional groups attached to an aromatic ring is 1. The number of hydrogen-bond donors (Lipinski definition) is 1. The van der Waals surface area contributed by atoms with Gasteiger partial charge in [-0.1, -0.05) is 22.9 Å². The lowest BCUT2D eigenvalue weighted by Gasteiger charge is -2.18. The summed E-state index contributed by atoms with van der Waals surface area (Å²) in [6.07, 6.45) is 0. The molecule has 0 amide bonds. The molecule has 0 aliphatic heterocycles. The van der Waals surface area contributed by atoms with Gasteiger partial charge in [-0.25, -0.2) is 9.78 Å². The number of nitrogens with zero attached hydrogens (tertiary/aromatic N) is 1. The highest BCUT2D eigenvalue weighted by Crippen LogP contribution is 2.26. The molecule has 7 heteroatoms. The number of esters is 1. The minimum absolute atomic E-state index is 0. The lowest BCUT2D eigenvalue weighted by molar-refractivity contribution is 0.00752. The van der Waals surface area contributed by atoms with Crippen molar-refractivity contribution < 1.29 is 9.53 Å². The molecule has 0 spiro atoms. The van der Waals surface area contributed by atoms with E-state index >= 15 is 0 Å². The highest BCUT2D eigenvalue weighted by Gasteiger charge is 2.22. The van der Waals surface area contributed by atoms with Gasteiger partial charge in [0, 0.05) is 0 Å². The molecule has 4 nitrogen and oxygen atoms in total. The number of nitrogens with two attached hydrogens (primary N) is 1. The summed E-state index contributed by atoms with van der Waals surface area (Å²) in [7, 11) is 0. The summed E-state index contributed by atoms with van der Waals surface area (Å²) in [6, 6.07) is 0. The first-order chi connectivity index (χ1) is 6.29. The fraction of sp³-hybridized carbons (Fsp3) is 0.500. The Bertz CT molecular complexity index is 360. The standard InChI is InChI=1S/C8H11ClN2O2S.ClH/c1-8(2,3)13-6(12)4-5(9)11-7(10)14-4;/h1-3H3,(H2,10,11);1H. The van der Waals surface area contributed by atoms with Crippen molar-refractivity contribution in [3.63, 3.8) is 0 Å². The predicted octanol–water partition coefficient (Wildman–Crippen LogP) is 2.76. The first kappa shape index (κ1) is 14.5. The molecule has 0 unspecified atom stereocenters. The third-order valence-electron chi connectivity index (χ3n) is 1.19. The monoisotopic (exact) mass is 270 g/mol. The van der Waals surface area contributed by atoms with E-state index in [1.54, 1.807) is 20.8 Å². The van der Waals surface area contributed by atoms with Crippen LogP contribution in [-0.2, 0) is 4.74 Å². The zero-order valence-corrected chi connectivity index (χ0v) is 10.9. The van der Waals surface area contributed by atoms with Gasteiger partial charge in [0.2, 0.25) is 0 Å². The lowest BCUT2D eigenvalue weighted by Crippen LogP contribution is -2.23. The van der Waals surface area contributed by atoms with E-state index in [0.717, 1.165) is 11.3 Å². The van der Waals surface area contributed by atoms with Crippen LogP contribution in [0.2, 0.25) is 5.15 Å². The van der Waals surface area contributed by atoms with Crippen LogP contribution in [0.15, 0.2) is 0 Å². The van der Waals surface area contributed by atoms with E-state index in [1.165, 1.54) is 0 Å². The summed E-state index contributed by atoms with van der Waals surface area (Å²) in [5.74, 6) is -0.489. The molecule has 1 aromatic rings. The molecule has 0 saturated carbocycles. The van der Waals surface area contributed by atoms with Crippen LogP contribution >= 0.6 is 35.3 Å². The van der Waals surface area contributed by atoms with Gasteiger partial charge in [-0.2, -0.15) is 0 Å². The second-order valence-electron chi connectivity index (χ2n) is 3.67. The van der Waals surface area contributed by atoms with Gasteiger partial charge in [-0.05, 0) is 20.8 Å². The quantitative estimate of drug-likeness (QED) is 0.797. The smallest absolute Gasteiger partial charge is 0.352 e. The van der Waals surface area contributed by atoms with Crippen LogP contribution in [0, 0.1) is 0 Å². The van der Waals surface area contributed by atoms with E-state index in [1.807, 2.05) is 0 Å². The van der Waals surface area contributed by atoms with E-state index in [4.69, 9.17) is 22.1 Å². The number of carbonyl (C=O) groups is 1. The van der Waals surface area contributed by atoms with Crippen molar-refractivity contribution in [1.29, 1.82) is 0 Å². The summed E-state index contributed by atoms with van der Waals surface area (Å²) in [5.41, 5.74) is 4.85. The Labute approximate surface area is 103 Å². The van der Waals surface area contributed by atoms with Gasteiger partial charge < -0.3 is 10.5 Å². The highest BCUT2D eigenvalue weighted by atomic mass is 35.5. The van der Waals surface area contributed by atoms with Crippen LogP contribution in [-0.4, -0.2) is 16.6 Å². The van der Waals surface area contributed by atoms with Crippen molar-refractivity contribution in [3.05, 3.63) is 10.0 Å². The normalized spacial score (nSPS) is 10.7. The minimum atomic E-state index is -0.542. The number of rotatable bonds is 1. The molecule has 0 aliphatic carbocycles. The topological polar surface area (TPSA) is 65.2 Å². The summed E-state index contributed by atoms with van der Waals surface area (Å²) < 4.78 is 5.11. The van der Waals surface area contributed by atoms with Crippen molar-refractivity contribution in [2.75, 3.05) is 5.73 Å². The van der Waals surface area contributed by atoms with Gasteiger partial charge in [-0.15, -0.1) is 12.4 Å². The Morgan fingerprint density at radius 1 is 1.53 bits per heavy atom. The van der Waals surface area contributed by atoms with Gasteiger partial charge in [0.15, 0.2) is 15.2 Å². The fourth-order valence-corrected chi connectivity index (χ4v) is 1.70. The molecule has 0 saturated heterocycles. The third-order valence-corrected chi connectivity index (χ3v) is 2.44. The molecule has 0 aromatic carbocycles. The Morgan fingerprint density at radius 2 is 2.07 bits per heavy atom. The molecule has 1 rings (SSSR count). The summed E-state index contributed by atoms with van der Waals surface area (Å²) in [5, 5.41) is 0.359.